The summed E-state index contributed by atoms with van der Waals surface area (Å²) in [5.74, 6) is -0.0167. The summed E-state index contributed by atoms with van der Waals surface area (Å²) in [5, 5.41) is 9.54. The summed E-state index contributed by atoms with van der Waals surface area (Å²) in [6, 6.07) is 7.95. The van der Waals surface area contributed by atoms with E-state index in [-0.39, 0.29) is 12.0 Å². The molecular weight excluding hydrogens is 226 g/mol. The van der Waals surface area contributed by atoms with Gasteiger partial charge in [-0.2, -0.15) is 0 Å². The van der Waals surface area contributed by atoms with Gasteiger partial charge in [0.15, 0.2) is 0 Å². The van der Waals surface area contributed by atoms with Crippen LogP contribution in [0.15, 0.2) is 30.3 Å². The second kappa shape index (κ2) is 5.83. The van der Waals surface area contributed by atoms with E-state index in [0.717, 1.165) is 30.5 Å². The summed E-state index contributed by atoms with van der Waals surface area (Å²) >= 11 is 0. The zero-order valence-electron chi connectivity index (χ0n) is 10.7. The van der Waals surface area contributed by atoms with Crippen molar-refractivity contribution in [2.45, 2.75) is 25.9 Å². The molecule has 3 heteroatoms. The van der Waals surface area contributed by atoms with Gasteiger partial charge < -0.3 is 10.0 Å². The highest BCUT2D eigenvalue weighted by Crippen LogP contribution is 2.12. The smallest absolute Gasteiger partial charge is 0.246 e. The van der Waals surface area contributed by atoms with Crippen molar-refractivity contribution in [3.8, 4) is 0 Å². The molecule has 1 N–H and O–H groups in total. The maximum Gasteiger partial charge on any atom is 0.246 e. The third-order valence-electron chi connectivity index (χ3n) is 3.30. The molecular formula is C15H19NO2. The van der Waals surface area contributed by atoms with Gasteiger partial charge in [0.1, 0.15) is 0 Å². The molecule has 0 radical (unpaired) electrons. The van der Waals surface area contributed by atoms with E-state index in [1.165, 1.54) is 0 Å². The molecule has 1 atom stereocenters. The van der Waals surface area contributed by atoms with Gasteiger partial charge in [-0.1, -0.05) is 24.3 Å². The van der Waals surface area contributed by atoms with Crippen molar-refractivity contribution in [1.29, 1.82) is 0 Å². The molecule has 96 valence electrons. The lowest BCUT2D eigenvalue weighted by Gasteiger charge is -2.29. The number of carbonyl (C=O) groups excluding carboxylic acids is 1. The SMILES string of the molecule is Cc1ccccc1/C=C/C(=O)N1CCCC(O)C1. The number of amides is 1. The van der Waals surface area contributed by atoms with Crippen molar-refractivity contribution in [3.05, 3.63) is 41.5 Å². The van der Waals surface area contributed by atoms with Crippen molar-refractivity contribution >= 4 is 12.0 Å². The molecule has 18 heavy (non-hydrogen) atoms. The Bertz CT molecular complexity index is 454. The first-order valence-corrected chi connectivity index (χ1v) is 6.37. The zero-order chi connectivity index (χ0) is 13.0. The van der Waals surface area contributed by atoms with Gasteiger partial charge in [0.2, 0.25) is 5.91 Å². The number of aliphatic hydroxyl groups excluding tert-OH is 1. The predicted molar refractivity (Wildman–Crippen MR) is 72.0 cm³/mol. The van der Waals surface area contributed by atoms with Crippen LogP contribution in [0.3, 0.4) is 0 Å². The molecule has 2 rings (SSSR count). The Balaban J connectivity index is 2.01. The van der Waals surface area contributed by atoms with Crippen LogP contribution in [0, 0.1) is 6.92 Å². The Labute approximate surface area is 108 Å². The van der Waals surface area contributed by atoms with Crippen molar-refractivity contribution in [3.63, 3.8) is 0 Å². The normalized spacial score (nSPS) is 20.3. The van der Waals surface area contributed by atoms with E-state index in [2.05, 4.69) is 0 Å². The number of aliphatic hydroxyl groups is 1. The van der Waals surface area contributed by atoms with Crippen LogP contribution in [0.1, 0.15) is 24.0 Å². The maximum absolute atomic E-state index is 12.0. The summed E-state index contributed by atoms with van der Waals surface area (Å²) in [5.41, 5.74) is 2.21. The number of hydrogen-bond donors (Lipinski definition) is 1. The number of aryl methyl sites for hydroxylation is 1. The Morgan fingerprint density at radius 3 is 2.94 bits per heavy atom. The molecule has 1 aliphatic rings. The Kier molecular flexibility index (Phi) is 4.15. The highest BCUT2D eigenvalue weighted by molar-refractivity contribution is 5.92. The van der Waals surface area contributed by atoms with Gasteiger partial charge in [-0.3, -0.25) is 4.79 Å². The van der Waals surface area contributed by atoms with Crippen molar-refractivity contribution in [2.24, 2.45) is 0 Å². The first-order valence-electron chi connectivity index (χ1n) is 6.37. The number of β-amino-alcohol motifs (C(OH)–C–C–N with tert-alkyl or cyclic N) is 1. The topological polar surface area (TPSA) is 40.5 Å². The molecule has 0 spiro atoms. The molecule has 0 bridgehead atoms. The lowest BCUT2D eigenvalue weighted by atomic mass is 10.1. The summed E-state index contributed by atoms with van der Waals surface area (Å²) in [6.07, 6.45) is 4.75. The average molecular weight is 245 g/mol. The van der Waals surface area contributed by atoms with Gasteiger partial charge in [-0.25, -0.2) is 0 Å². The van der Waals surface area contributed by atoms with Crippen LogP contribution >= 0.6 is 0 Å². The summed E-state index contributed by atoms with van der Waals surface area (Å²) in [4.78, 5) is 13.7. The lowest BCUT2D eigenvalue weighted by molar-refractivity contribution is -0.128. The van der Waals surface area contributed by atoms with Gasteiger partial charge in [-0.15, -0.1) is 0 Å². The third kappa shape index (κ3) is 3.20. The molecule has 1 unspecified atom stereocenters. The number of likely N-dealkylation sites (tertiary alicyclic amines) is 1. The van der Waals surface area contributed by atoms with Gasteiger partial charge in [0.25, 0.3) is 0 Å². The Morgan fingerprint density at radius 2 is 2.22 bits per heavy atom. The van der Waals surface area contributed by atoms with E-state index in [1.54, 1.807) is 11.0 Å². The van der Waals surface area contributed by atoms with Gasteiger partial charge in [0.05, 0.1) is 6.10 Å². The second-order valence-electron chi connectivity index (χ2n) is 4.77. The minimum atomic E-state index is -0.366. The van der Waals surface area contributed by atoms with Crippen LogP contribution < -0.4 is 0 Å². The number of benzene rings is 1. The number of carbonyl (C=O) groups is 1. The molecule has 1 amide bonds. The monoisotopic (exact) mass is 245 g/mol. The van der Waals surface area contributed by atoms with Crippen LogP contribution in [0.25, 0.3) is 6.08 Å². The van der Waals surface area contributed by atoms with E-state index in [9.17, 15) is 9.90 Å². The molecule has 3 nitrogen and oxygen atoms in total. The highest BCUT2D eigenvalue weighted by Gasteiger charge is 2.20. The minimum absolute atomic E-state index is 0.0167. The third-order valence-corrected chi connectivity index (χ3v) is 3.30. The number of hydrogen-bond acceptors (Lipinski definition) is 2. The summed E-state index contributed by atoms with van der Waals surface area (Å²) in [6.45, 7) is 3.22. The van der Waals surface area contributed by atoms with Crippen molar-refractivity contribution in [1.82, 2.24) is 4.90 Å². The lowest BCUT2D eigenvalue weighted by Crippen LogP contribution is -2.41. The van der Waals surface area contributed by atoms with Crippen LogP contribution in [0.4, 0.5) is 0 Å². The number of piperidine rings is 1. The summed E-state index contributed by atoms with van der Waals surface area (Å²) in [7, 11) is 0. The van der Waals surface area contributed by atoms with E-state index in [4.69, 9.17) is 0 Å². The van der Waals surface area contributed by atoms with E-state index < -0.39 is 0 Å². The Hall–Kier alpha value is -1.61. The molecule has 0 aromatic heterocycles. The van der Waals surface area contributed by atoms with Crippen LogP contribution in [0.2, 0.25) is 0 Å². The largest absolute Gasteiger partial charge is 0.391 e. The first-order chi connectivity index (χ1) is 8.66. The molecule has 1 aliphatic heterocycles. The van der Waals surface area contributed by atoms with E-state index >= 15 is 0 Å². The van der Waals surface area contributed by atoms with Gasteiger partial charge >= 0.3 is 0 Å². The number of rotatable bonds is 2. The number of nitrogens with zero attached hydrogens (tertiary/aromatic N) is 1. The molecule has 1 aromatic carbocycles. The maximum atomic E-state index is 12.0. The fourth-order valence-corrected chi connectivity index (χ4v) is 2.20. The molecule has 1 heterocycles. The van der Waals surface area contributed by atoms with Crippen LogP contribution in [-0.2, 0) is 4.79 Å². The minimum Gasteiger partial charge on any atom is -0.391 e. The predicted octanol–water partition coefficient (Wildman–Crippen LogP) is 1.99. The van der Waals surface area contributed by atoms with Crippen molar-refractivity contribution < 1.29 is 9.90 Å². The molecule has 1 saturated heterocycles. The highest BCUT2D eigenvalue weighted by atomic mass is 16.3. The molecule has 1 aromatic rings. The van der Waals surface area contributed by atoms with E-state index in [1.807, 2.05) is 37.3 Å². The van der Waals surface area contributed by atoms with E-state index in [0.29, 0.717) is 6.54 Å². The van der Waals surface area contributed by atoms with Gasteiger partial charge in [0, 0.05) is 19.2 Å². The fraction of sp³-hybridized carbons (Fsp3) is 0.400. The first kappa shape index (κ1) is 12.8. The second-order valence-corrected chi connectivity index (χ2v) is 4.77. The molecule has 0 saturated carbocycles. The van der Waals surface area contributed by atoms with Crippen LogP contribution in [-0.4, -0.2) is 35.1 Å². The Morgan fingerprint density at radius 1 is 1.44 bits per heavy atom. The standard InChI is InChI=1S/C15H19NO2/c1-12-5-2-3-6-13(12)8-9-15(18)16-10-4-7-14(17)11-16/h2-3,5-6,8-9,14,17H,4,7,10-11H2,1H3/b9-8+. The van der Waals surface area contributed by atoms with Crippen LogP contribution in [0.5, 0.6) is 0 Å². The fourth-order valence-electron chi connectivity index (χ4n) is 2.20. The average Bonchev–Trinajstić information content (AvgIpc) is 2.37. The quantitative estimate of drug-likeness (QED) is 0.809. The van der Waals surface area contributed by atoms with Gasteiger partial charge in [-0.05, 0) is 37.0 Å². The molecule has 1 fully saturated rings. The summed E-state index contributed by atoms with van der Waals surface area (Å²) < 4.78 is 0. The van der Waals surface area contributed by atoms with Crippen molar-refractivity contribution in [2.75, 3.05) is 13.1 Å². The molecule has 0 aliphatic carbocycles. The zero-order valence-corrected chi connectivity index (χ0v) is 10.7.